The van der Waals surface area contributed by atoms with Crippen LogP contribution in [0.25, 0.3) is 0 Å². The van der Waals surface area contributed by atoms with Crippen molar-refractivity contribution < 1.29 is 17.6 Å². The Labute approximate surface area is 94.4 Å². The SMILES string of the molecule is Cc1c(F)cc(NC(N)=S)cc1C(F)(F)F. The molecule has 1 aromatic rings. The third kappa shape index (κ3) is 2.82. The lowest BCUT2D eigenvalue weighted by molar-refractivity contribution is -0.138. The summed E-state index contributed by atoms with van der Waals surface area (Å²) in [6.45, 7) is 1.06. The van der Waals surface area contributed by atoms with Crippen LogP contribution in [0.5, 0.6) is 0 Å². The highest BCUT2D eigenvalue weighted by Gasteiger charge is 2.33. The van der Waals surface area contributed by atoms with E-state index < -0.39 is 23.1 Å². The van der Waals surface area contributed by atoms with Gasteiger partial charge in [0.25, 0.3) is 0 Å². The van der Waals surface area contributed by atoms with Gasteiger partial charge in [0.15, 0.2) is 5.11 Å². The molecule has 0 heterocycles. The van der Waals surface area contributed by atoms with Crippen LogP contribution in [0.1, 0.15) is 11.1 Å². The number of alkyl halides is 3. The molecule has 88 valence electrons. The molecular formula is C9H8F4N2S. The summed E-state index contributed by atoms with van der Waals surface area (Å²) in [4.78, 5) is 0. The molecule has 0 spiro atoms. The van der Waals surface area contributed by atoms with Gasteiger partial charge in [0.1, 0.15) is 5.82 Å². The van der Waals surface area contributed by atoms with E-state index in [2.05, 4.69) is 17.5 Å². The van der Waals surface area contributed by atoms with E-state index in [-0.39, 0.29) is 10.8 Å². The molecular weight excluding hydrogens is 244 g/mol. The zero-order valence-corrected chi connectivity index (χ0v) is 8.97. The van der Waals surface area contributed by atoms with E-state index in [1.807, 2.05) is 0 Å². The molecule has 16 heavy (non-hydrogen) atoms. The van der Waals surface area contributed by atoms with Crippen molar-refractivity contribution in [1.29, 1.82) is 0 Å². The van der Waals surface area contributed by atoms with Crippen molar-refractivity contribution in [2.24, 2.45) is 5.73 Å². The van der Waals surface area contributed by atoms with Gasteiger partial charge in [0.05, 0.1) is 5.56 Å². The Morgan fingerprint density at radius 1 is 1.38 bits per heavy atom. The molecule has 1 rings (SSSR count). The largest absolute Gasteiger partial charge is 0.416 e. The summed E-state index contributed by atoms with van der Waals surface area (Å²) < 4.78 is 50.7. The van der Waals surface area contributed by atoms with E-state index in [0.717, 1.165) is 19.1 Å². The van der Waals surface area contributed by atoms with E-state index >= 15 is 0 Å². The molecule has 1 aromatic carbocycles. The number of rotatable bonds is 1. The number of nitrogens with two attached hydrogens (primary N) is 1. The Morgan fingerprint density at radius 3 is 2.38 bits per heavy atom. The van der Waals surface area contributed by atoms with Crippen molar-refractivity contribution in [2.45, 2.75) is 13.1 Å². The number of thiocarbonyl (C=S) groups is 1. The van der Waals surface area contributed by atoms with Gasteiger partial charge >= 0.3 is 6.18 Å². The van der Waals surface area contributed by atoms with Crippen molar-refractivity contribution in [3.8, 4) is 0 Å². The third-order valence-electron chi connectivity index (χ3n) is 1.92. The van der Waals surface area contributed by atoms with E-state index in [9.17, 15) is 17.6 Å². The molecule has 3 N–H and O–H groups in total. The number of anilines is 1. The van der Waals surface area contributed by atoms with Gasteiger partial charge < -0.3 is 11.1 Å². The number of benzene rings is 1. The summed E-state index contributed by atoms with van der Waals surface area (Å²) in [5.74, 6) is -0.964. The van der Waals surface area contributed by atoms with E-state index in [4.69, 9.17) is 5.73 Å². The van der Waals surface area contributed by atoms with Gasteiger partial charge in [-0.2, -0.15) is 13.2 Å². The van der Waals surface area contributed by atoms with E-state index in [0.29, 0.717) is 0 Å². The monoisotopic (exact) mass is 252 g/mol. The average Bonchev–Trinajstić information content (AvgIpc) is 2.08. The van der Waals surface area contributed by atoms with E-state index in [1.54, 1.807) is 0 Å². The standard InChI is InChI=1S/C9H8F4N2S/c1-4-6(9(11,12)13)2-5(3-7(4)10)15-8(14)16/h2-3H,1H3,(H3,14,15,16). The molecule has 0 radical (unpaired) electrons. The summed E-state index contributed by atoms with van der Waals surface area (Å²) >= 11 is 4.45. The van der Waals surface area contributed by atoms with Crippen LogP contribution in [0.3, 0.4) is 0 Å². The van der Waals surface area contributed by atoms with Crippen LogP contribution in [-0.4, -0.2) is 5.11 Å². The Hall–Kier alpha value is -1.37. The number of hydrogen-bond donors (Lipinski definition) is 2. The second-order valence-corrected chi connectivity index (χ2v) is 3.56. The van der Waals surface area contributed by atoms with Crippen molar-refractivity contribution in [3.63, 3.8) is 0 Å². The van der Waals surface area contributed by atoms with Crippen LogP contribution in [0, 0.1) is 12.7 Å². The second-order valence-electron chi connectivity index (χ2n) is 3.12. The highest BCUT2D eigenvalue weighted by molar-refractivity contribution is 7.80. The Morgan fingerprint density at radius 2 is 1.94 bits per heavy atom. The fraction of sp³-hybridized carbons (Fsp3) is 0.222. The molecule has 0 aliphatic carbocycles. The smallest absolute Gasteiger partial charge is 0.376 e. The summed E-state index contributed by atoms with van der Waals surface area (Å²) in [5, 5.41) is 2.03. The normalized spacial score (nSPS) is 11.3. The molecule has 0 saturated heterocycles. The van der Waals surface area contributed by atoms with Crippen LogP contribution >= 0.6 is 12.2 Å². The average molecular weight is 252 g/mol. The fourth-order valence-electron chi connectivity index (χ4n) is 1.19. The predicted octanol–water partition coefficient (Wildman–Crippen LogP) is 2.81. The third-order valence-corrected chi connectivity index (χ3v) is 2.02. The van der Waals surface area contributed by atoms with Crippen LogP contribution in [0.15, 0.2) is 12.1 Å². The molecule has 0 unspecified atom stereocenters. The maximum Gasteiger partial charge on any atom is 0.416 e. The first kappa shape index (κ1) is 12.7. The molecule has 0 aliphatic rings. The van der Waals surface area contributed by atoms with Gasteiger partial charge in [-0.25, -0.2) is 4.39 Å². The van der Waals surface area contributed by atoms with Crippen LogP contribution in [0.4, 0.5) is 23.2 Å². The van der Waals surface area contributed by atoms with Crippen LogP contribution < -0.4 is 11.1 Å². The molecule has 0 aliphatic heterocycles. The van der Waals surface area contributed by atoms with Crippen LogP contribution in [-0.2, 0) is 6.18 Å². The summed E-state index contributed by atoms with van der Waals surface area (Å²) in [6, 6.07) is 1.67. The topological polar surface area (TPSA) is 38.0 Å². The predicted molar refractivity (Wildman–Crippen MR) is 56.5 cm³/mol. The first-order valence-corrected chi connectivity index (χ1v) is 4.56. The first-order valence-electron chi connectivity index (χ1n) is 4.15. The molecule has 0 saturated carbocycles. The number of hydrogen-bond acceptors (Lipinski definition) is 1. The lowest BCUT2D eigenvalue weighted by Gasteiger charge is -2.13. The minimum absolute atomic E-state index is 0.122. The molecule has 0 aromatic heterocycles. The second kappa shape index (κ2) is 4.25. The fourth-order valence-corrected chi connectivity index (χ4v) is 1.31. The molecule has 7 heteroatoms. The first-order chi connectivity index (χ1) is 7.21. The minimum Gasteiger partial charge on any atom is -0.376 e. The number of nitrogens with one attached hydrogen (secondary N) is 1. The molecule has 0 fully saturated rings. The lowest BCUT2D eigenvalue weighted by atomic mass is 10.1. The highest BCUT2D eigenvalue weighted by Crippen LogP contribution is 2.34. The van der Waals surface area contributed by atoms with Crippen molar-refractivity contribution in [2.75, 3.05) is 5.32 Å². The van der Waals surface area contributed by atoms with Crippen molar-refractivity contribution in [1.82, 2.24) is 0 Å². The molecule has 2 nitrogen and oxygen atoms in total. The van der Waals surface area contributed by atoms with Gasteiger partial charge in [0.2, 0.25) is 0 Å². The quantitative estimate of drug-likeness (QED) is 0.596. The van der Waals surface area contributed by atoms with Gasteiger partial charge in [-0.1, -0.05) is 0 Å². The summed E-state index contributed by atoms with van der Waals surface area (Å²) in [5.41, 5.74) is 3.46. The molecule has 0 bridgehead atoms. The maximum absolute atomic E-state index is 13.2. The van der Waals surface area contributed by atoms with Gasteiger partial charge in [-0.15, -0.1) is 0 Å². The van der Waals surface area contributed by atoms with E-state index in [1.165, 1.54) is 0 Å². The lowest BCUT2D eigenvalue weighted by Crippen LogP contribution is -2.20. The molecule has 0 atom stereocenters. The number of halogens is 4. The highest BCUT2D eigenvalue weighted by atomic mass is 32.1. The maximum atomic E-state index is 13.2. The van der Waals surface area contributed by atoms with Gasteiger partial charge in [0, 0.05) is 5.69 Å². The Bertz CT molecular complexity index is 428. The molecule has 0 amide bonds. The summed E-state index contributed by atoms with van der Waals surface area (Å²) in [6.07, 6.45) is -4.61. The Kier molecular flexibility index (Phi) is 3.37. The zero-order chi connectivity index (χ0) is 12.5. The minimum atomic E-state index is -4.61. The van der Waals surface area contributed by atoms with Crippen molar-refractivity contribution >= 4 is 23.0 Å². The van der Waals surface area contributed by atoms with Crippen LogP contribution in [0.2, 0.25) is 0 Å². The van der Waals surface area contributed by atoms with Crippen molar-refractivity contribution in [3.05, 3.63) is 29.1 Å². The summed E-state index contributed by atoms with van der Waals surface area (Å²) in [7, 11) is 0. The van der Waals surface area contributed by atoms with Gasteiger partial charge in [-0.3, -0.25) is 0 Å². The van der Waals surface area contributed by atoms with Gasteiger partial charge in [-0.05, 0) is 36.8 Å². The Balaban J connectivity index is 3.28. The zero-order valence-electron chi connectivity index (χ0n) is 8.15.